The van der Waals surface area contributed by atoms with Crippen molar-refractivity contribution in [2.24, 2.45) is 0 Å². The van der Waals surface area contributed by atoms with Gasteiger partial charge in [-0.25, -0.2) is 0 Å². The van der Waals surface area contributed by atoms with Crippen LogP contribution in [0.25, 0.3) is 0 Å². The Morgan fingerprint density at radius 2 is 0.884 bits per heavy atom. The second-order valence-electron chi connectivity index (χ2n) is 10.7. The highest BCUT2D eigenvalue weighted by Crippen LogP contribution is 2.55. The number of rotatable bonds is 10. The molecule has 6 nitrogen and oxygen atoms in total. The lowest BCUT2D eigenvalue weighted by atomic mass is 9.89. The molecule has 4 aromatic carbocycles. The first kappa shape index (κ1) is 31.7. The van der Waals surface area contributed by atoms with Crippen LogP contribution < -0.4 is 0 Å². The van der Waals surface area contributed by atoms with E-state index in [0.717, 1.165) is 0 Å². The van der Waals surface area contributed by atoms with E-state index in [1.54, 1.807) is 121 Å². The molecule has 0 fully saturated rings. The second-order valence-corrected chi connectivity index (χ2v) is 12.9. The van der Waals surface area contributed by atoms with Crippen molar-refractivity contribution in [3.05, 3.63) is 140 Å². The number of carbonyl (C=O) groups is 4. The molecule has 4 aromatic rings. The van der Waals surface area contributed by atoms with Gasteiger partial charge in [0.2, 0.25) is 0 Å². The molecule has 220 valence electrons. The van der Waals surface area contributed by atoms with Crippen LogP contribution in [-0.4, -0.2) is 29.2 Å². The van der Waals surface area contributed by atoms with E-state index in [1.165, 1.54) is 0 Å². The summed E-state index contributed by atoms with van der Waals surface area (Å²) in [4.78, 5) is 55.6. The van der Waals surface area contributed by atoms with Crippen LogP contribution in [-0.2, 0) is 9.09 Å². The molecule has 0 bridgehead atoms. The number of benzene rings is 4. The molecule has 0 N–H and O–H groups in total. The van der Waals surface area contributed by atoms with E-state index in [2.05, 4.69) is 0 Å². The Morgan fingerprint density at radius 3 is 1.21 bits per heavy atom. The second kappa shape index (κ2) is 12.5. The van der Waals surface area contributed by atoms with Crippen LogP contribution in [0.3, 0.4) is 0 Å². The van der Waals surface area contributed by atoms with Crippen LogP contribution in [0.15, 0.2) is 72.8 Å². The number of ketones is 2. The lowest BCUT2D eigenvalue weighted by Crippen LogP contribution is -2.20. The number of hydrogen-bond acceptors (Lipinski definition) is 6. The summed E-state index contributed by atoms with van der Waals surface area (Å²) in [5.74, 6) is -0.562. The minimum Gasteiger partial charge on any atom is -0.318 e. The number of aryl methyl sites for hydroxylation is 4. The highest BCUT2D eigenvalue weighted by atomic mass is 31.2. The van der Waals surface area contributed by atoms with Crippen LogP contribution >= 0.6 is 7.37 Å². The van der Waals surface area contributed by atoms with E-state index >= 15 is 0 Å². The molecular weight excluding hydrogens is 559 g/mol. The van der Waals surface area contributed by atoms with Crippen LogP contribution in [0.5, 0.6) is 0 Å². The maximum Gasteiger partial charge on any atom is 0.340 e. The topological polar surface area (TPSA) is 94.6 Å². The minimum atomic E-state index is -4.73. The number of hydrogen-bond donors (Lipinski definition) is 0. The van der Waals surface area contributed by atoms with E-state index in [0.29, 0.717) is 55.6 Å². The molecular formula is C36H35O6P. The molecule has 0 saturated carbocycles. The molecule has 0 aliphatic heterocycles. The van der Waals surface area contributed by atoms with Gasteiger partial charge in [-0.15, -0.1) is 0 Å². The summed E-state index contributed by atoms with van der Waals surface area (Å²) in [5.41, 5.74) is 2.59. The normalized spacial score (nSPS) is 11.3. The fraction of sp³-hybridized carbons (Fsp3) is 0.222. The Hall–Kier alpha value is -4.25. The van der Waals surface area contributed by atoms with Gasteiger partial charge in [-0.2, -0.15) is 0 Å². The highest BCUT2D eigenvalue weighted by molar-refractivity contribution is 7.91. The molecule has 0 radical (unpaired) electrons. The first-order valence-electron chi connectivity index (χ1n) is 14.1. The van der Waals surface area contributed by atoms with Gasteiger partial charge in [0, 0.05) is 33.4 Å². The molecule has 0 aromatic heterocycles. The van der Waals surface area contributed by atoms with Gasteiger partial charge in [0.05, 0.1) is 6.61 Å². The molecule has 0 unspecified atom stereocenters. The van der Waals surface area contributed by atoms with Crippen molar-refractivity contribution >= 4 is 30.0 Å². The standard InChI is InChI=1S/C36H35O6P/c1-8-42-43(41,35(39)31-23(4)19-21(2)29(25(31)6)33(37)27-15-11-9-12-16-27)36(40)32-24(5)20-22(3)30(26(32)7)34(38)28-17-13-10-14-18-28/h9-20H,8H2,1-7H3. The van der Waals surface area contributed by atoms with Crippen LogP contribution in [0, 0.1) is 41.5 Å². The van der Waals surface area contributed by atoms with Crippen molar-refractivity contribution in [2.45, 2.75) is 48.5 Å². The summed E-state index contributed by atoms with van der Waals surface area (Å²) in [5, 5.41) is 0. The highest BCUT2D eigenvalue weighted by Gasteiger charge is 2.45. The molecule has 0 amide bonds. The maximum absolute atomic E-state index is 14.6. The number of carbonyl (C=O) groups excluding carboxylic acids is 4. The summed E-state index contributed by atoms with van der Waals surface area (Å²) in [6.45, 7) is 11.6. The Labute approximate surface area is 252 Å². The molecule has 0 spiro atoms. The Bertz CT molecular complexity index is 1690. The summed E-state index contributed by atoms with van der Waals surface area (Å²) < 4.78 is 20.2. The molecule has 43 heavy (non-hydrogen) atoms. The summed E-state index contributed by atoms with van der Waals surface area (Å²) >= 11 is 0. The molecule has 4 rings (SSSR count). The Kier molecular flexibility index (Phi) is 9.24. The van der Waals surface area contributed by atoms with Gasteiger partial charge in [-0.3, -0.25) is 23.7 Å². The van der Waals surface area contributed by atoms with Gasteiger partial charge < -0.3 is 4.52 Å². The van der Waals surface area contributed by atoms with E-state index in [4.69, 9.17) is 4.52 Å². The van der Waals surface area contributed by atoms with E-state index in [9.17, 15) is 23.7 Å². The fourth-order valence-corrected chi connectivity index (χ4v) is 7.94. The van der Waals surface area contributed by atoms with Crippen molar-refractivity contribution in [1.29, 1.82) is 0 Å². The predicted molar refractivity (Wildman–Crippen MR) is 169 cm³/mol. The van der Waals surface area contributed by atoms with Gasteiger partial charge in [-0.1, -0.05) is 72.8 Å². The first-order valence-corrected chi connectivity index (χ1v) is 15.7. The van der Waals surface area contributed by atoms with Crippen molar-refractivity contribution < 1.29 is 28.3 Å². The third-order valence-electron chi connectivity index (χ3n) is 7.74. The van der Waals surface area contributed by atoms with Crippen molar-refractivity contribution in [1.82, 2.24) is 0 Å². The predicted octanol–water partition coefficient (Wildman–Crippen LogP) is 8.29. The average molecular weight is 595 g/mol. The third-order valence-corrected chi connectivity index (χ3v) is 9.88. The van der Waals surface area contributed by atoms with Crippen molar-refractivity contribution in [3.8, 4) is 0 Å². The first-order chi connectivity index (χ1) is 20.3. The van der Waals surface area contributed by atoms with E-state index in [-0.39, 0.29) is 29.3 Å². The maximum atomic E-state index is 14.6. The molecule has 0 heterocycles. The minimum absolute atomic E-state index is 0.0259. The quantitative estimate of drug-likeness (QED) is 0.135. The Balaban J connectivity index is 1.89. The van der Waals surface area contributed by atoms with Gasteiger partial charge >= 0.3 is 7.37 Å². The van der Waals surface area contributed by atoms with Crippen LogP contribution in [0.2, 0.25) is 0 Å². The monoisotopic (exact) mass is 594 g/mol. The lowest BCUT2D eigenvalue weighted by molar-refractivity contribution is 0.0995. The zero-order chi connectivity index (χ0) is 31.6. The van der Waals surface area contributed by atoms with Gasteiger partial charge in [0.15, 0.2) is 11.6 Å². The molecule has 0 aliphatic rings. The van der Waals surface area contributed by atoms with Gasteiger partial charge in [-0.05, 0) is 81.8 Å². The molecule has 0 atom stereocenters. The summed E-state index contributed by atoms with van der Waals surface area (Å²) in [6.07, 6.45) is 0. The van der Waals surface area contributed by atoms with E-state index in [1.807, 2.05) is 0 Å². The SMILES string of the molecule is CCOP(=O)(C(=O)c1c(C)cc(C)c(C(=O)c2ccccc2)c1C)C(=O)c1c(C)cc(C)c(C(=O)c2ccccc2)c1C. The largest absolute Gasteiger partial charge is 0.340 e. The van der Waals surface area contributed by atoms with Crippen molar-refractivity contribution in [3.63, 3.8) is 0 Å². The molecule has 0 aliphatic carbocycles. The van der Waals surface area contributed by atoms with Crippen LogP contribution in [0.1, 0.15) is 92.9 Å². The fourth-order valence-electron chi connectivity index (χ4n) is 5.88. The zero-order valence-electron chi connectivity index (χ0n) is 25.5. The third kappa shape index (κ3) is 5.73. The molecule has 7 heteroatoms. The summed E-state index contributed by atoms with van der Waals surface area (Å²) in [7, 11) is -4.73. The van der Waals surface area contributed by atoms with Crippen molar-refractivity contribution in [2.75, 3.05) is 6.61 Å². The Morgan fingerprint density at radius 1 is 0.558 bits per heavy atom. The van der Waals surface area contributed by atoms with Gasteiger partial charge in [0.1, 0.15) is 0 Å². The van der Waals surface area contributed by atoms with Crippen LogP contribution in [0.4, 0.5) is 0 Å². The average Bonchev–Trinajstić information content (AvgIpc) is 2.97. The lowest BCUT2D eigenvalue weighted by Gasteiger charge is -2.22. The summed E-state index contributed by atoms with van der Waals surface area (Å²) in [6, 6.07) is 20.8. The van der Waals surface area contributed by atoms with Gasteiger partial charge in [0.25, 0.3) is 11.0 Å². The molecule has 0 saturated heterocycles. The van der Waals surface area contributed by atoms with E-state index < -0.39 is 18.4 Å². The zero-order valence-corrected chi connectivity index (χ0v) is 26.4. The smallest absolute Gasteiger partial charge is 0.318 e.